The number of rotatable bonds is 8. The number of hydrogen-bond donors (Lipinski definition) is 6. The Morgan fingerprint density at radius 2 is 1.82 bits per heavy atom. The third kappa shape index (κ3) is 5.73. The average Bonchev–Trinajstić information content (AvgIpc) is 3.18. The number of phenolic OH excluding ortho intramolecular Hbond substituents is 1. The lowest BCUT2D eigenvalue weighted by molar-refractivity contribution is -0.268. The number of carbonyl (C=O) groups excluding carboxylic acids is 1. The normalized spacial score (nSPS) is 32.5. The number of nitrogens with zero attached hydrogens (tertiary/aromatic N) is 1. The maximum Gasteiger partial charge on any atom is 0.255 e. The molecule has 0 radical (unpaired) electrons. The molecule has 3 aliphatic rings. The van der Waals surface area contributed by atoms with Crippen molar-refractivity contribution in [1.82, 2.24) is 4.90 Å². The molecule has 0 bridgehead atoms. The van der Waals surface area contributed by atoms with Gasteiger partial charge in [0.2, 0.25) is 0 Å². The summed E-state index contributed by atoms with van der Waals surface area (Å²) in [6.07, 6.45) is 0.760. The molecule has 1 amide bonds. The Labute approximate surface area is 228 Å². The highest BCUT2D eigenvalue weighted by molar-refractivity contribution is 6.00. The van der Waals surface area contributed by atoms with Crippen molar-refractivity contribution in [3.8, 4) is 11.5 Å². The van der Waals surface area contributed by atoms with Gasteiger partial charge in [-0.3, -0.25) is 4.79 Å². The van der Waals surface area contributed by atoms with Gasteiger partial charge in [-0.15, -0.1) is 0 Å². The number of benzene rings is 1. The topological polar surface area (TPSA) is 160 Å². The van der Waals surface area contributed by atoms with Crippen LogP contribution < -0.4 is 4.74 Å². The van der Waals surface area contributed by atoms with Gasteiger partial charge in [-0.1, -0.05) is 23.3 Å². The lowest BCUT2D eigenvalue weighted by atomic mass is 9.84. The van der Waals surface area contributed by atoms with Crippen LogP contribution in [-0.2, 0) is 17.7 Å². The number of phenols is 1. The standard InChI is InChI=1S/C29H41NO9/c1-15(2)7-5-8-16(3)9-6-10-29(4)22(33)12-18-20(32)11-17-19(26(18)39-29)13-30(27(17)36)23-25(35)24(34)21(14-31)38-28(23)37/h7,9,11,21-25,28,31-35,37H,5-6,8,10,12-14H2,1-4H3. The fraction of sp³-hybridized carbons (Fsp3) is 0.621. The summed E-state index contributed by atoms with van der Waals surface area (Å²) < 4.78 is 11.6. The second-order valence-electron chi connectivity index (χ2n) is 11.4. The zero-order chi connectivity index (χ0) is 28.6. The van der Waals surface area contributed by atoms with Crippen molar-refractivity contribution in [2.24, 2.45) is 0 Å². The van der Waals surface area contributed by atoms with Gasteiger partial charge in [-0.25, -0.2) is 0 Å². The number of hydrogen-bond acceptors (Lipinski definition) is 9. The van der Waals surface area contributed by atoms with E-state index in [9.17, 15) is 35.4 Å². The first-order valence-corrected chi connectivity index (χ1v) is 13.5. The molecule has 7 unspecified atom stereocenters. The van der Waals surface area contributed by atoms with Crippen LogP contribution in [0.2, 0.25) is 0 Å². The Morgan fingerprint density at radius 1 is 1.10 bits per heavy atom. The van der Waals surface area contributed by atoms with Gasteiger partial charge < -0.3 is 45.0 Å². The molecule has 7 atom stereocenters. The molecular weight excluding hydrogens is 506 g/mol. The first-order valence-electron chi connectivity index (χ1n) is 13.5. The van der Waals surface area contributed by atoms with Crippen molar-refractivity contribution < 1.29 is 44.9 Å². The van der Waals surface area contributed by atoms with E-state index in [0.29, 0.717) is 29.7 Å². The maximum atomic E-state index is 13.4. The van der Waals surface area contributed by atoms with E-state index in [0.717, 1.165) is 12.8 Å². The van der Waals surface area contributed by atoms with E-state index < -0.39 is 54.9 Å². The van der Waals surface area contributed by atoms with Crippen molar-refractivity contribution in [2.45, 2.75) is 109 Å². The summed E-state index contributed by atoms with van der Waals surface area (Å²) in [7, 11) is 0. The third-order valence-electron chi connectivity index (χ3n) is 8.17. The number of amides is 1. The predicted octanol–water partition coefficient (Wildman–Crippen LogP) is 1.68. The zero-order valence-electron chi connectivity index (χ0n) is 23.0. The minimum atomic E-state index is -1.65. The molecule has 1 aromatic carbocycles. The molecular formula is C29H41NO9. The van der Waals surface area contributed by atoms with Gasteiger partial charge in [0, 0.05) is 17.5 Å². The van der Waals surface area contributed by atoms with E-state index in [1.54, 1.807) is 0 Å². The summed E-state index contributed by atoms with van der Waals surface area (Å²) in [5, 5.41) is 62.6. The van der Waals surface area contributed by atoms with Crippen molar-refractivity contribution >= 4 is 5.91 Å². The molecule has 1 aromatic rings. The van der Waals surface area contributed by atoms with Gasteiger partial charge in [0.05, 0.1) is 24.8 Å². The third-order valence-corrected chi connectivity index (χ3v) is 8.17. The lowest BCUT2D eigenvalue weighted by Gasteiger charge is -2.44. The second kappa shape index (κ2) is 11.6. The highest BCUT2D eigenvalue weighted by atomic mass is 16.6. The van der Waals surface area contributed by atoms with E-state index in [1.807, 2.05) is 6.92 Å². The predicted molar refractivity (Wildman–Crippen MR) is 142 cm³/mol. The Kier molecular flexibility index (Phi) is 8.75. The average molecular weight is 548 g/mol. The van der Waals surface area contributed by atoms with E-state index in [4.69, 9.17) is 9.47 Å². The van der Waals surface area contributed by atoms with E-state index >= 15 is 0 Å². The van der Waals surface area contributed by atoms with Gasteiger partial charge in [-0.05, 0) is 59.4 Å². The van der Waals surface area contributed by atoms with E-state index in [2.05, 4.69) is 32.9 Å². The van der Waals surface area contributed by atoms with Gasteiger partial charge in [0.15, 0.2) is 6.29 Å². The van der Waals surface area contributed by atoms with Crippen LogP contribution in [0.1, 0.15) is 74.9 Å². The highest BCUT2D eigenvalue weighted by Crippen LogP contribution is 2.47. The fourth-order valence-corrected chi connectivity index (χ4v) is 5.68. The van der Waals surface area contributed by atoms with Crippen LogP contribution in [0.4, 0.5) is 0 Å². The van der Waals surface area contributed by atoms with Crippen LogP contribution in [0, 0.1) is 0 Å². The number of aliphatic hydroxyl groups excluding tert-OH is 5. The summed E-state index contributed by atoms with van der Waals surface area (Å²) in [6.45, 7) is 7.36. The second-order valence-corrected chi connectivity index (χ2v) is 11.4. The minimum Gasteiger partial charge on any atom is -0.508 e. The van der Waals surface area contributed by atoms with Crippen LogP contribution >= 0.6 is 0 Å². The molecule has 3 aliphatic heterocycles. The molecule has 3 heterocycles. The summed E-state index contributed by atoms with van der Waals surface area (Å²) in [5.74, 6) is -0.445. The molecule has 0 spiro atoms. The number of aliphatic hydroxyl groups is 5. The molecule has 0 aromatic heterocycles. The minimum absolute atomic E-state index is 0.0645. The Balaban J connectivity index is 1.55. The van der Waals surface area contributed by atoms with Crippen LogP contribution in [0.15, 0.2) is 29.4 Å². The molecule has 39 heavy (non-hydrogen) atoms. The fourth-order valence-electron chi connectivity index (χ4n) is 5.68. The largest absolute Gasteiger partial charge is 0.508 e. The molecule has 10 nitrogen and oxygen atoms in total. The SMILES string of the molecule is CC(C)=CCCC(C)=CCCC1(C)Oc2c(c(O)cc3c2CN(C2C(O)OC(CO)C(O)C2O)C3=O)CC1O. The van der Waals surface area contributed by atoms with Gasteiger partial charge in [0.1, 0.15) is 41.5 Å². The zero-order valence-corrected chi connectivity index (χ0v) is 23.0. The smallest absolute Gasteiger partial charge is 0.255 e. The van der Waals surface area contributed by atoms with E-state index in [-0.39, 0.29) is 24.3 Å². The number of ether oxygens (including phenoxy) is 2. The van der Waals surface area contributed by atoms with Crippen LogP contribution in [0.5, 0.6) is 11.5 Å². The van der Waals surface area contributed by atoms with Gasteiger partial charge in [0.25, 0.3) is 5.91 Å². The maximum absolute atomic E-state index is 13.4. The first kappa shape index (κ1) is 29.5. The number of allylic oxidation sites excluding steroid dienone is 4. The molecule has 0 saturated carbocycles. The van der Waals surface area contributed by atoms with Gasteiger partial charge in [-0.2, -0.15) is 0 Å². The Bertz CT molecular complexity index is 1140. The molecule has 216 valence electrons. The van der Waals surface area contributed by atoms with Crippen LogP contribution in [0.3, 0.4) is 0 Å². The molecule has 0 aliphatic carbocycles. The highest BCUT2D eigenvalue weighted by Gasteiger charge is 2.51. The lowest BCUT2D eigenvalue weighted by Crippen LogP contribution is -2.64. The summed E-state index contributed by atoms with van der Waals surface area (Å²) >= 11 is 0. The summed E-state index contributed by atoms with van der Waals surface area (Å²) in [5.41, 5.74) is 2.57. The Hall–Kier alpha value is -2.47. The molecule has 1 saturated heterocycles. The number of carbonyl (C=O) groups is 1. The van der Waals surface area contributed by atoms with Crippen molar-refractivity contribution in [3.63, 3.8) is 0 Å². The molecule has 4 rings (SSSR count). The van der Waals surface area contributed by atoms with Crippen LogP contribution in [0.25, 0.3) is 0 Å². The summed E-state index contributed by atoms with van der Waals surface area (Å²) in [6, 6.07) is 0.00365. The van der Waals surface area contributed by atoms with E-state index in [1.165, 1.54) is 22.1 Å². The van der Waals surface area contributed by atoms with Crippen LogP contribution in [-0.4, -0.2) is 90.4 Å². The van der Waals surface area contributed by atoms with Crippen molar-refractivity contribution in [3.05, 3.63) is 46.1 Å². The molecule has 10 heteroatoms. The number of aromatic hydroxyl groups is 1. The molecule has 6 N–H and O–H groups in total. The molecule has 1 fully saturated rings. The first-order chi connectivity index (χ1) is 18.4. The quantitative estimate of drug-likeness (QED) is 0.266. The van der Waals surface area contributed by atoms with Gasteiger partial charge >= 0.3 is 0 Å². The van der Waals surface area contributed by atoms with Crippen molar-refractivity contribution in [2.75, 3.05) is 6.61 Å². The Morgan fingerprint density at radius 3 is 2.49 bits per heavy atom. The number of fused-ring (bicyclic) bond motifs is 3. The monoisotopic (exact) mass is 547 g/mol. The summed E-state index contributed by atoms with van der Waals surface area (Å²) in [4.78, 5) is 14.6. The van der Waals surface area contributed by atoms with Crippen molar-refractivity contribution in [1.29, 1.82) is 0 Å².